The van der Waals surface area contributed by atoms with Crippen molar-refractivity contribution in [2.24, 2.45) is 41.4 Å². The first-order chi connectivity index (χ1) is 24.4. The number of piperidine rings is 3. The minimum atomic E-state index is 0. The Hall–Kier alpha value is -0.914. The number of nitriles is 2. The number of rotatable bonds is 12. The van der Waals surface area contributed by atoms with Crippen LogP contribution in [0.3, 0.4) is 0 Å². The van der Waals surface area contributed by atoms with Gasteiger partial charge in [-0.05, 0) is 54.3 Å². The van der Waals surface area contributed by atoms with Crippen LogP contribution in [0.25, 0.3) is 21.3 Å². The van der Waals surface area contributed by atoms with Crippen LogP contribution in [0.4, 0.5) is 0 Å². The minimum absolute atomic E-state index is 0. The molecule has 3 saturated heterocycles. The van der Waals surface area contributed by atoms with Gasteiger partial charge in [0, 0.05) is 16.8 Å². The molecule has 1 radical (unpaired) electrons. The third-order valence-electron chi connectivity index (χ3n) is 11.4. The molecule has 0 aromatic heterocycles. The number of hydrogen-bond acceptors (Lipinski definition) is 4. The standard InChI is InChI=1S/3C10H20N.C10H16N.2CHNS.Co/c4*1-3-9(4-2)10-5-7-11-8-6-10;2*2-1-3;/h3*9-10H,3-8H2,1-2H3;5-7,9H,3-4,8H2,1-2H3;2*3H;/q4*-1;;;/p-2. The van der Waals surface area contributed by atoms with E-state index >= 15 is 0 Å². The fourth-order valence-corrected chi connectivity index (χ4v) is 8.08. The zero-order valence-electron chi connectivity index (χ0n) is 34.0. The van der Waals surface area contributed by atoms with Gasteiger partial charge in [-0.15, -0.1) is 45.8 Å². The van der Waals surface area contributed by atoms with E-state index in [4.69, 9.17) is 10.5 Å². The summed E-state index contributed by atoms with van der Waals surface area (Å²) >= 11 is 7.40. The minimum Gasteiger partial charge on any atom is -0.696 e. The molecule has 0 atom stereocenters. The molecule has 6 nitrogen and oxygen atoms in total. The van der Waals surface area contributed by atoms with E-state index in [-0.39, 0.29) is 16.8 Å². The van der Waals surface area contributed by atoms with Gasteiger partial charge >= 0.3 is 0 Å². The van der Waals surface area contributed by atoms with Crippen molar-refractivity contribution in [1.82, 2.24) is 0 Å². The Morgan fingerprint density at radius 2 is 0.843 bits per heavy atom. The van der Waals surface area contributed by atoms with E-state index in [1.54, 1.807) is 0 Å². The molecule has 9 heteroatoms. The first-order valence-corrected chi connectivity index (χ1v) is 21.1. The molecular weight excluding hydrogens is 712 g/mol. The van der Waals surface area contributed by atoms with Crippen molar-refractivity contribution in [3.63, 3.8) is 0 Å². The van der Waals surface area contributed by atoms with E-state index in [9.17, 15) is 0 Å². The fraction of sp³-hybridized carbons (Fsp3) is 0.857. The summed E-state index contributed by atoms with van der Waals surface area (Å²) in [5.74, 6) is 6.65. The van der Waals surface area contributed by atoms with Crippen molar-refractivity contribution < 1.29 is 16.8 Å². The maximum Gasteiger partial charge on any atom is 0 e. The van der Waals surface area contributed by atoms with Crippen LogP contribution < -0.4 is 0 Å². The van der Waals surface area contributed by atoms with Crippen LogP contribution in [-0.4, -0.2) is 45.8 Å². The molecule has 0 aromatic carbocycles. The zero-order chi connectivity index (χ0) is 37.8. The molecule has 4 aliphatic rings. The smallest absolute Gasteiger partial charge is 0 e. The van der Waals surface area contributed by atoms with Gasteiger partial charge in [0.2, 0.25) is 0 Å². The van der Waals surface area contributed by atoms with E-state index in [1.807, 2.05) is 6.20 Å². The Kier molecular flexibility index (Phi) is 43.0. The topological polar surface area (TPSA) is 104 Å². The molecule has 0 saturated carbocycles. The van der Waals surface area contributed by atoms with E-state index < -0.39 is 0 Å². The van der Waals surface area contributed by atoms with Crippen LogP contribution in [0.15, 0.2) is 23.9 Å². The SMILES string of the molecule is CCC(CC)C1=CC[N-]C=C1.CCC(CC)C1CC[N-]CC1.CCC(CC)C1CC[N-]CC1.CCC(CC)C1CC[N-]CC1.N#C[S-].N#C[S-].[Co]. The van der Waals surface area contributed by atoms with E-state index in [1.165, 1.54) is 106 Å². The van der Waals surface area contributed by atoms with Crippen LogP contribution in [0.2, 0.25) is 0 Å². The maximum absolute atomic E-state index is 7.13. The van der Waals surface area contributed by atoms with Crippen molar-refractivity contribution in [2.45, 2.75) is 145 Å². The molecule has 0 amide bonds. The zero-order valence-corrected chi connectivity index (χ0v) is 36.6. The molecule has 0 spiro atoms. The fourth-order valence-electron chi connectivity index (χ4n) is 8.08. The van der Waals surface area contributed by atoms with Gasteiger partial charge in [0.25, 0.3) is 0 Å². The average Bonchev–Trinajstić information content (AvgIpc) is 3.17. The molecule has 301 valence electrons. The monoisotopic (exact) mass is 787 g/mol. The predicted molar refractivity (Wildman–Crippen MR) is 225 cm³/mol. The Labute approximate surface area is 339 Å². The van der Waals surface area contributed by atoms with Crippen LogP contribution in [0, 0.1) is 62.8 Å². The van der Waals surface area contributed by atoms with Crippen molar-refractivity contribution >= 4 is 25.3 Å². The summed E-state index contributed by atoms with van der Waals surface area (Å²) in [5.41, 5.74) is 1.48. The summed E-state index contributed by atoms with van der Waals surface area (Å²) in [5, 5.41) is 34.2. The molecule has 4 heterocycles. The first kappa shape index (κ1) is 54.4. The first-order valence-electron chi connectivity index (χ1n) is 20.3. The summed E-state index contributed by atoms with van der Waals surface area (Å²) in [6.45, 7) is 26.0. The third-order valence-corrected chi connectivity index (χ3v) is 11.4. The van der Waals surface area contributed by atoms with E-state index in [0.29, 0.717) is 0 Å². The predicted octanol–water partition coefficient (Wildman–Crippen LogP) is 12.9. The number of nitrogens with zero attached hydrogens (tertiary/aromatic N) is 6. The Balaban J connectivity index is -0.000000568. The molecule has 0 unspecified atom stereocenters. The third kappa shape index (κ3) is 27.3. The van der Waals surface area contributed by atoms with Crippen molar-refractivity contribution in [2.75, 3.05) is 45.8 Å². The summed E-state index contributed by atoms with van der Waals surface area (Å²) in [7, 11) is 0. The summed E-state index contributed by atoms with van der Waals surface area (Å²) in [4.78, 5) is 0. The van der Waals surface area contributed by atoms with Gasteiger partial charge in [-0.25, -0.2) is 10.5 Å². The molecule has 51 heavy (non-hydrogen) atoms. The van der Waals surface area contributed by atoms with Crippen molar-refractivity contribution in [1.29, 1.82) is 10.5 Å². The van der Waals surface area contributed by atoms with Crippen molar-refractivity contribution in [3.05, 3.63) is 45.2 Å². The van der Waals surface area contributed by atoms with Crippen LogP contribution in [-0.2, 0) is 42.0 Å². The van der Waals surface area contributed by atoms with Gasteiger partial charge < -0.3 is 46.5 Å². The second-order valence-corrected chi connectivity index (χ2v) is 14.2. The number of allylic oxidation sites excluding steroid dienone is 2. The van der Waals surface area contributed by atoms with E-state index in [0.717, 1.165) is 87.2 Å². The van der Waals surface area contributed by atoms with Gasteiger partial charge in [-0.1, -0.05) is 161 Å². The Morgan fingerprint density at radius 3 is 1.04 bits per heavy atom. The van der Waals surface area contributed by atoms with Gasteiger partial charge in [0.05, 0.1) is 0 Å². The molecular formula is C42H76CoN6S2-6. The van der Waals surface area contributed by atoms with Crippen LogP contribution >= 0.6 is 0 Å². The number of hydrogen-bond donors (Lipinski definition) is 0. The molecule has 4 rings (SSSR count). The maximum atomic E-state index is 7.13. The van der Waals surface area contributed by atoms with Gasteiger partial charge in [0.15, 0.2) is 0 Å². The Morgan fingerprint density at radius 1 is 0.569 bits per heavy atom. The largest absolute Gasteiger partial charge is 0.696 e. The van der Waals surface area contributed by atoms with Gasteiger partial charge in [0.1, 0.15) is 0 Å². The normalized spacial score (nSPS) is 17.4. The molecule has 0 aliphatic carbocycles. The summed E-state index contributed by atoms with van der Waals surface area (Å²) in [6.07, 6.45) is 25.1. The van der Waals surface area contributed by atoms with Gasteiger partial charge in [-0.2, -0.15) is 6.20 Å². The Bertz CT molecular complexity index is 782. The average molecular weight is 788 g/mol. The molecule has 0 aromatic rings. The molecule has 0 N–H and O–H groups in total. The van der Waals surface area contributed by atoms with Crippen molar-refractivity contribution in [3.8, 4) is 10.8 Å². The quantitative estimate of drug-likeness (QED) is 0.145. The second-order valence-electron chi connectivity index (χ2n) is 13.8. The number of thiocyanates is 2. The van der Waals surface area contributed by atoms with E-state index in [2.05, 4.69) is 114 Å². The molecule has 3 fully saturated rings. The summed E-state index contributed by atoms with van der Waals surface area (Å²) in [6, 6.07) is 0. The van der Waals surface area contributed by atoms with Crippen LogP contribution in [0.1, 0.15) is 145 Å². The molecule has 4 aliphatic heterocycles. The molecule has 0 bridgehead atoms. The van der Waals surface area contributed by atoms with Gasteiger partial charge in [-0.3, -0.25) is 0 Å². The van der Waals surface area contributed by atoms with Crippen LogP contribution in [0.5, 0.6) is 0 Å². The summed E-state index contributed by atoms with van der Waals surface area (Å²) < 4.78 is 0. The second kappa shape index (κ2) is 40.3.